The van der Waals surface area contributed by atoms with Crippen LogP contribution in [0.3, 0.4) is 0 Å². The maximum absolute atomic E-state index is 14.0. The van der Waals surface area contributed by atoms with Gasteiger partial charge in [0.05, 0.1) is 18.3 Å². The number of hydrogen-bond donors (Lipinski definition) is 5. The zero-order valence-corrected chi connectivity index (χ0v) is 37.7. The Morgan fingerprint density at radius 1 is 0.696 bits per heavy atom. The Kier molecular flexibility index (Phi) is 13.5. The normalized spacial score (nSPS) is 21.1. The molecule has 3 aliphatic carbocycles. The minimum atomic E-state index is -1.60. The molecule has 5 amide bonds. The van der Waals surface area contributed by atoms with Crippen LogP contribution in [0.15, 0.2) is 146 Å². The van der Waals surface area contributed by atoms with Crippen molar-refractivity contribution in [3.8, 4) is 11.1 Å². The number of carbonyl (C=O) groups excluding carboxylic acids is 6. The lowest BCUT2D eigenvalue weighted by atomic mass is 9.94. The number of likely N-dealkylation sites (tertiary alicyclic amines) is 1. The molecule has 1 saturated heterocycles. The summed E-state index contributed by atoms with van der Waals surface area (Å²) in [7, 11) is 0. The lowest BCUT2D eigenvalue weighted by Crippen LogP contribution is -2.46. The number of hydrogen-bond acceptors (Lipinski definition) is 10. The van der Waals surface area contributed by atoms with Gasteiger partial charge in [0.25, 0.3) is 11.8 Å². The highest BCUT2D eigenvalue weighted by Crippen LogP contribution is 2.45. The first-order valence-corrected chi connectivity index (χ1v) is 23.1. The summed E-state index contributed by atoms with van der Waals surface area (Å²) in [4.78, 5) is 82.9. The number of amidine groups is 1. The average Bonchev–Trinajstić information content (AvgIpc) is 4.26. The van der Waals surface area contributed by atoms with E-state index in [2.05, 4.69) is 22.5 Å². The number of rotatable bonds is 16. The Bertz CT molecular complexity index is 2660. The van der Waals surface area contributed by atoms with Crippen LogP contribution in [0, 0.1) is 17.2 Å². The van der Waals surface area contributed by atoms with E-state index in [1.165, 1.54) is 35.2 Å². The molecule has 1 heterocycles. The van der Waals surface area contributed by atoms with Gasteiger partial charge in [0, 0.05) is 54.1 Å². The molecule has 3 fully saturated rings. The van der Waals surface area contributed by atoms with Gasteiger partial charge >= 0.3 is 12.1 Å². The number of nitrogens with zero attached hydrogens (tertiary/aromatic N) is 2. The van der Waals surface area contributed by atoms with Crippen LogP contribution in [0.1, 0.15) is 75.2 Å². The van der Waals surface area contributed by atoms with E-state index in [0.29, 0.717) is 0 Å². The minimum absolute atomic E-state index is 0.00915. The number of carbonyl (C=O) groups is 6. The minimum Gasteiger partial charge on any atom is -0.460 e. The molecule has 4 aliphatic rings. The second-order valence-electron chi connectivity index (χ2n) is 17.9. The third-order valence-corrected chi connectivity index (χ3v) is 13.5. The van der Waals surface area contributed by atoms with Gasteiger partial charge in [-0.25, -0.2) is 9.59 Å². The van der Waals surface area contributed by atoms with Crippen molar-refractivity contribution in [1.29, 1.82) is 5.41 Å². The molecule has 0 bridgehead atoms. The van der Waals surface area contributed by atoms with Crippen molar-refractivity contribution in [3.05, 3.63) is 179 Å². The van der Waals surface area contributed by atoms with Gasteiger partial charge in [-0.2, -0.15) is 5.06 Å². The Labute approximate surface area is 399 Å². The zero-order chi connectivity index (χ0) is 48.2. The average molecular weight is 929 g/mol. The first-order valence-electron chi connectivity index (χ1n) is 23.1. The monoisotopic (exact) mass is 928 g/mol. The lowest BCUT2D eigenvalue weighted by molar-refractivity contribution is -0.154. The van der Waals surface area contributed by atoms with Crippen molar-refractivity contribution in [2.24, 2.45) is 11.8 Å². The summed E-state index contributed by atoms with van der Waals surface area (Å²) >= 11 is 0. The van der Waals surface area contributed by atoms with Gasteiger partial charge in [0.1, 0.15) is 19.3 Å². The lowest BCUT2D eigenvalue weighted by Gasteiger charge is -2.21. The highest BCUT2D eigenvalue weighted by molar-refractivity contribution is 6.06. The SMILES string of the molecule is C=CCOC(=O)C(CC(=O)N(O)C(=N)c1ccc(C(=O)N2C[C@@H](C(=O)N[C@H]3C[C@@H]3c3ccccc3)[C@H](C(=O)N[C@H]3C[C@@H]3c3ccccc3)C2)cc1)NC(=O)OCC1c2ccccc2-c2ccccc21. The van der Waals surface area contributed by atoms with Gasteiger partial charge in [-0.05, 0) is 58.4 Å². The van der Waals surface area contributed by atoms with Crippen molar-refractivity contribution in [2.75, 3.05) is 26.3 Å². The second-order valence-corrected chi connectivity index (χ2v) is 17.9. The van der Waals surface area contributed by atoms with Crippen molar-refractivity contribution < 1.29 is 43.4 Å². The van der Waals surface area contributed by atoms with Gasteiger partial charge in [0.15, 0.2) is 5.84 Å². The first-order chi connectivity index (χ1) is 33.5. The van der Waals surface area contributed by atoms with Crippen LogP contribution in [0.25, 0.3) is 11.1 Å². The summed E-state index contributed by atoms with van der Waals surface area (Å²) in [5.41, 5.74) is 6.50. The molecule has 0 spiro atoms. The molecule has 352 valence electrons. The van der Waals surface area contributed by atoms with E-state index in [9.17, 15) is 34.0 Å². The molecular formula is C54H52N6O9. The molecule has 9 rings (SSSR count). The van der Waals surface area contributed by atoms with Crippen molar-refractivity contribution >= 4 is 41.5 Å². The largest absolute Gasteiger partial charge is 0.460 e. The first kappa shape index (κ1) is 46.2. The summed E-state index contributed by atoms with van der Waals surface area (Å²) in [5.74, 6) is -5.30. The van der Waals surface area contributed by atoms with Gasteiger partial charge in [-0.3, -0.25) is 29.8 Å². The standard InChI is InChI=1S/C54H52N6O9/c1-2-25-68-53(65)47(58-54(66)69-31-44-38-19-11-9-17-36(38)37-18-10-12-20-39(37)44)28-48(61)60(67)49(55)34-21-23-35(24-22-34)52(64)59-29-42(50(62)56-45-26-40(45)32-13-5-3-6-14-32)43(30-59)51(63)57-46-27-41(46)33-15-7-4-8-16-33/h2-24,40-47,55,67H,1,25-31H2,(H,56,62)(H,57,63)(H,58,66)/t40-,41-,42-,43-,45+,46+,47?/m1/s1. The van der Waals surface area contributed by atoms with E-state index in [1.54, 1.807) is 0 Å². The number of ether oxygens (including phenoxy) is 2. The topological polar surface area (TPSA) is 208 Å². The second kappa shape index (κ2) is 20.1. The van der Waals surface area contributed by atoms with Crippen LogP contribution >= 0.6 is 0 Å². The fourth-order valence-electron chi connectivity index (χ4n) is 9.61. The maximum Gasteiger partial charge on any atom is 0.407 e. The summed E-state index contributed by atoms with van der Waals surface area (Å²) in [6, 6.07) is 39.2. The van der Waals surface area contributed by atoms with Crippen LogP contribution in [0.5, 0.6) is 0 Å². The summed E-state index contributed by atoms with van der Waals surface area (Å²) in [5, 5.41) is 28.2. The van der Waals surface area contributed by atoms with Crippen molar-refractivity contribution in [1.82, 2.24) is 25.9 Å². The molecule has 5 N–H and O–H groups in total. The molecule has 1 aliphatic heterocycles. The maximum atomic E-state index is 14.0. The Morgan fingerprint density at radius 3 is 1.71 bits per heavy atom. The zero-order valence-electron chi connectivity index (χ0n) is 37.7. The number of alkyl carbamates (subject to hydrolysis) is 1. The highest BCUT2D eigenvalue weighted by Gasteiger charge is 2.49. The van der Waals surface area contributed by atoms with E-state index in [4.69, 9.17) is 14.9 Å². The van der Waals surface area contributed by atoms with E-state index in [0.717, 1.165) is 46.2 Å². The van der Waals surface area contributed by atoms with E-state index < -0.39 is 54.0 Å². The summed E-state index contributed by atoms with van der Waals surface area (Å²) in [6.07, 6.45) is 1.08. The summed E-state index contributed by atoms with van der Waals surface area (Å²) in [6.45, 7) is 3.26. The number of nitrogens with one attached hydrogen (secondary N) is 4. The molecule has 7 atom stereocenters. The Balaban J connectivity index is 0.823. The third-order valence-electron chi connectivity index (χ3n) is 13.5. The fraction of sp³-hybridized carbons (Fsp3) is 0.278. The quantitative estimate of drug-likeness (QED) is 0.0188. The predicted molar refractivity (Wildman–Crippen MR) is 254 cm³/mol. The molecular weight excluding hydrogens is 877 g/mol. The van der Waals surface area contributed by atoms with Crippen LogP contribution in [0.2, 0.25) is 0 Å². The molecule has 0 radical (unpaired) electrons. The van der Waals surface area contributed by atoms with Crippen LogP contribution < -0.4 is 16.0 Å². The van der Waals surface area contributed by atoms with Gasteiger partial charge in [-0.15, -0.1) is 0 Å². The van der Waals surface area contributed by atoms with Crippen molar-refractivity contribution in [2.45, 2.75) is 55.1 Å². The number of esters is 1. The van der Waals surface area contributed by atoms with Crippen molar-refractivity contribution in [3.63, 3.8) is 0 Å². The number of amides is 5. The molecule has 15 heteroatoms. The van der Waals surface area contributed by atoms with Gasteiger partial charge in [0.2, 0.25) is 11.8 Å². The van der Waals surface area contributed by atoms with Gasteiger partial charge < -0.3 is 30.3 Å². The predicted octanol–water partition coefficient (Wildman–Crippen LogP) is 6.29. The van der Waals surface area contributed by atoms with E-state index >= 15 is 0 Å². The number of hydroxylamine groups is 2. The fourth-order valence-corrected chi connectivity index (χ4v) is 9.61. The molecule has 15 nitrogen and oxygen atoms in total. The van der Waals surface area contributed by atoms with Crippen LogP contribution in [-0.4, -0.2) is 101 Å². The molecule has 1 unspecified atom stereocenters. The van der Waals surface area contributed by atoms with Crippen LogP contribution in [-0.2, 0) is 28.7 Å². The van der Waals surface area contributed by atoms with E-state index in [1.807, 2.05) is 109 Å². The number of fused-ring (bicyclic) bond motifs is 3. The molecule has 5 aromatic rings. The Hall–Kier alpha value is -7.91. The summed E-state index contributed by atoms with van der Waals surface area (Å²) < 4.78 is 10.7. The highest BCUT2D eigenvalue weighted by atomic mass is 16.6. The molecule has 0 aromatic heterocycles. The number of benzene rings is 5. The molecule has 5 aromatic carbocycles. The molecule has 69 heavy (non-hydrogen) atoms. The Morgan fingerprint density at radius 2 is 1.19 bits per heavy atom. The van der Waals surface area contributed by atoms with E-state index in [-0.39, 0.29) is 84.1 Å². The third kappa shape index (κ3) is 10.2. The van der Waals surface area contributed by atoms with Gasteiger partial charge in [-0.1, -0.05) is 134 Å². The molecule has 2 saturated carbocycles. The smallest absolute Gasteiger partial charge is 0.407 e. The van der Waals surface area contributed by atoms with Crippen LogP contribution in [0.4, 0.5) is 4.79 Å².